The molecule has 0 saturated carbocycles. The zero-order valence-corrected chi connectivity index (χ0v) is 16.4. The molecule has 10 heteroatoms. The van der Waals surface area contributed by atoms with Crippen molar-refractivity contribution < 1.29 is 27.5 Å². The Morgan fingerprint density at radius 3 is 2.64 bits per heavy atom. The van der Waals surface area contributed by atoms with Crippen LogP contribution in [-0.2, 0) is 29.1 Å². The van der Waals surface area contributed by atoms with Crippen molar-refractivity contribution in [2.75, 3.05) is 13.2 Å². The second kappa shape index (κ2) is 7.70. The molecule has 0 bridgehead atoms. The van der Waals surface area contributed by atoms with Crippen molar-refractivity contribution >= 4 is 33.6 Å². The molecule has 1 atom stereocenters. The molecule has 150 valence electrons. The molecule has 2 heterocycles. The van der Waals surface area contributed by atoms with Gasteiger partial charge in [0.2, 0.25) is 5.91 Å². The lowest BCUT2D eigenvalue weighted by molar-refractivity contribution is -0.156. The molecule has 1 aromatic carbocycles. The number of aliphatic imine (C=N–C) groups is 1. The Kier molecular flexibility index (Phi) is 5.50. The van der Waals surface area contributed by atoms with Gasteiger partial charge in [-0.2, -0.15) is 0 Å². The van der Waals surface area contributed by atoms with Gasteiger partial charge in [-0.25, -0.2) is 13.2 Å². The van der Waals surface area contributed by atoms with Gasteiger partial charge in [-0.1, -0.05) is 26.0 Å². The zero-order chi connectivity index (χ0) is 20.5. The number of carbonyl (C=O) groups excluding carboxylic acids is 3. The minimum atomic E-state index is -3.73. The highest BCUT2D eigenvalue weighted by Gasteiger charge is 2.34. The Bertz CT molecular complexity index is 954. The number of nitrogens with one attached hydrogen (secondary N) is 1. The van der Waals surface area contributed by atoms with Crippen molar-refractivity contribution in [1.82, 2.24) is 9.62 Å². The van der Waals surface area contributed by atoms with Gasteiger partial charge in [-0.15, -0.1) is 0 Å². The monoisotopic (exact) mass is 407 g/mol. The van der Waals surface area contributed by atoms with Gasteiger partial charge in [0.1, 0.15) is 5.84 Å². The average molecular weight is 407 g/mol. The van der Waals surface area contributed by atoms with E-state index in [1.807, 2.05) is 0 Å². The second-order valence-corrected chi connectivity index (χ2v) is 8.57. The van der Waals surface area contributed by atoms with Crippen LogP contribution in [0.25, 0.3) is 0 Å². The van der Waals surface area contributed by atoms with Gasteiger partial charge < -0.3 is 4.74 Å². The standard InChI is InChI=1S/C18H21N3O6S/c1-11(2)16(18(24)27-10-15(23)21-9-5-8-14(21)22)19-17-12-6-3-4-7-13(12)28(25,26)20-17/h3-4,6-7,11,16H,5,8-10H2,1-2H3,(H,19,20)/t16-/m0/s1. The number of hydrogen-bond acceptors (Lipinski definition) is 7. The summed E-state index contributed by atoms with van der Waals surface area (Å²) in [5, 5.41) is 0. The van der Waals surface area contributed by atoms with Crippen LogP contribution in [0.4, 0.5) is 0 Å². The van der Waals surface area contributed by atoms with Gasteiger partial charge in [-0.05, 0) is 24.5 Å². The summed E-state index contributed by atoms with van der Waals surface area (Å²) in [6.07, 6.45) is 0.905. The average Bonchev–Trinajstić information content (AvgIpc) is 3.18. The molecule has 9 nitrogen and oxygen atoms in total. The Labute approximate surface area is 162 Å². The molecule has 1 aromatic rings. The number of hydrogen-bond donors (Lipinski definition) is 1. The van der Waals surface area contributed by atoms with E-state index in [0.29, 0.717) is 24.9 Å². The predicted molar refractivity (Wildman–Crippen MR) is 98.8 cm³/mol. The molecule has 2 amide bonds. The van der Waals surface area contributed by atoms with E-state index in [9.17, 15) is 22.8 Å². The zero-order valence-electron chi connectivity index (χ0n) is 15.5. The maximum absolute atomic E-state index is 12.5. The Morgan fingerprint density at radius 1 is 1.29 bits per heavy atom. The van der Waals surface area contributed by atoms with Crippen molar-refractivity contribution in [2.24, 2.45) is 10.9 Å². The predicted octanol–water partition coefficient (Wildman–Crippen LogP) is 0.442. The van der Waals surface area contributed by atoms with E-state index >= 15 is 0 Å². The van der Waals surface area contributed by atoms with Crippen LogP contribution in [0.3, 0.4) is 0 Å². The number of fused-ring (bicyclic) bond motifs is 1. The summed E-state index contributed by atoms with van der Waals surface area (Å²) in [6, 6.07) is 5.31. The van der Waals surface area contributed by atoms with E-state index in [0.717, 1.165) is 4.90 Å². The van der Waals surface area contributed by atoms with Crippen LogP contribution in [0.5, 0.6) is 0 Å². The fourth-order valence-electron chi connectivity index (χ4n) is 3.05. The quantitative estimate of drug-likeness (QED) is 0.707. The topological polar surface area (TPSA) is 122 Å². The van der Waals surface area contributed by atoms with Gasteiger partial charge in [0.05, 0.1) is 4.90 Å². The molecule has 0 aliphatic carbocycles. The van der Waals surface area contributed by atoms with Gasteiger partial charge in [0, 0.05) is 18.5 Å². The maximum atomic E-state index is 12.5. The van der Waals surface area contributed by atoms with Gasteiger partial charge in [0.25, 0.3) is 15.9 Å². The summed E-state index contributed by atoms with van der Waals surface area (Å²) < 4.78 is 31.8. The third-order valence-electron chi connectivity index (χ3n) is 4.52. The number of rotatable bonds is 5. The molecule has 3 rings (SSSR count). The van der Waals surface area contributed by atoms with Crippen LogP contribution in [-0.4, -0.2) is 56.1 Å². The Hall–Kier alpha value is -2.75. The summed E-state index contributed by atoms with van der Waals surface area (Å²) in [5.74, 6) is -1.85. The molecule has 1 saturated heterocycles. The van der Waals surface area contributed by atoms with E-state index in [-0.39, 0.29) is 22.6 Å². The molecule has 28 heavy (non-hydrogen) atoms. The number of ether oxygens (including phenoxy) is 1. The van der Waals surface area contributed by atoms with Crippen molar-refractivity contribution in [2.45, 2.75) is 37.6 Å². The van der Waals surface area contributed by atoms with Crippen LogP contribution in [0, 0.1) is 5.92 Å². The first-order chi connectivity index (χ1) is 13.2. The highest BCUT2D eigenvalue weighted by Crippen LogP contribution is 2.23. The van der Waals surface area contributed by atoms with Crippen molar-refractivity contribution in [3.05, 3.63) is 29.8 Å². The molecule has 0 spiro atoms. The molecule has 1 fully saturated rings. The first-order valence-electron chi connectivity index (χ1n) is 8.90. The molecule has 1 N–H and O–H groups in total. The Morgan fingerprint density at radius 2 is 2.00 bits per heavy atom. The van der Waals surface area contributed by atoms with Crippen molar-refractivity contribution in [1.29, 1.82) is 0 Å². The molecule has 2 aliphatic heterocycles. The largest absolute Gasteiger partial charge is 0.454 e. The number of carbonyl (C=O) groups is 3. The van der Waals surface area contributed by atoms with Crippen LogP contribution < -0.4 is 4.72 Å². The van der Waals surface area contributed by atoms with Crippen LogP contribution in [0.15, 0.2) is 34.2 Å². The molecule has 0 radical (unpaired) electrons. The Balaban J connectivity index is 1.75. The maximum Gasteiger partial charge on any atom is 0.331 e. The number of sulfonamides is 1. The number of benzene rings is 1. The molecule has 0 unspecified atom stereocenters. The van der Waals surface area contributed by atoms with Gasteiger partial charge in [0.15, 0.2) is 12.6 Å². The van der Waals surface area contributed by atoms with E-state index in [1.165, 1.54) is 6.07 Å². The van der Waals surface area contributed by atoms with Crippen LogP contribution >= 0.6 is 0 Å². The SMILES string of the molecule is CC(C)[C@H](N=C1NS(=O)(=O)c2ccccc21)C(=O)OCC(=O)N1CCCC1=O. The van der Waals surface area contributed by atoms with Crippen molar-refractivity contribution in [3.63, 3.8) is 0 Å². The summed E-state index contributed by atoms with van der Waals surface area (Å²) in [6.45, 7) is 3.24. The van der Waals surface area contributed by atoms with E-state index < -0.39 is 34.5 Å². The summed E-state index contributed by atoms with van der Waals surface area (Å²) >= 11 is 0. The third kappa shape index (κ3) is 3.91. The third-order valence-corrected chi connectivity index (χ3v) is 5.91. The number of amides is 2. The first-order valence-corrected chi connectivity index (χ1v) is 10.4. The highest BCUT2D eigenvalue weighted by atomic mass is 32.2. The second-order valence-electron chi connectivity index (χ2n) is 6.92. The minimum absolute atomic E-state index is 0.0623. The smallest absolute Gasteiger partial charge is 0.331 e. The van der Waals surface area contributed by atoms with Gasteiger partial charge in [-0.3, -0.25) is 24.2 Å². The number of esters is 1. The van der Waals surface area contributed by atoms with Crippen LogP contribution in [0.1, 0.15) is 32.3 Å². The normalized spacial score (nSPS) is 20.2. The van der Waals surface area contributed by atoms with Crippen molar-refractivity contribution in [3.8, 4) is 0 Å². The lowest BCUT2D eigenvalue weighted by Crippen LogP contribution is -2.37. The molecular formula is C18H21N3O6S. The number of likely N-dealkylation sites (tertiary alicyclic amines) is 1. The van der Waals surface area contributed by atoms with E-state index in [1.54, 1.807) is 32.0 Å². The van der Waals surface area contributed by atoms with Crippen LogP contribution in [0.2, 0.25) is 0 Å². The summed E-state index contributed by atoms with van der Waals surface area (Å²) in [5.41, 5.74) is 0.375. The summed E-state index contributed by atoms with van der Waals surface area (Å²) in [4.78, 5) is 41.5. The minimum Gasteiger partial charge on any atom is -0.454 e. The lowest BCUT2D eigenvalue weighted by Gasteiger charge is -2.18. The van der Waals surface area contributed by atoms with Gasteiger partial charge >= 0.3 is 5.97 Å². The number of imide groups is 1. The molecule has 2 aliphatic rings. The fourth-order valence-corrected chi connectivity index (χ4v) is 4.29. The number of nitrogens with zero attached hydrogens (tertiary/aromatic N) is 2. The first kappa shape index (κ1) is 20.0. The lowest BCUT2D eigenvalue weighted by atomic mass is 10.1. The molecular weight excluding hydrogens is 386 g/mol. The fraction of sp³-hybridized carbons (Fsp3) is 0.444. The van der Waals surface area contributed by atoms with E-state index in [2.05, 4.69) is 9.71 Å². The molecule has 0 aromatic heterocycles. The summed E-state index contributed by atoms with van der Waals surface area (Å²) in [7, 11) is -3.73. The van der Waals surface area contributed by atoms with E-state index in [4.69, 9.17) is 4.74 Å². The number of amidine groups is 1. The highest BCUT2D eigenvalue weighted by molar-refractivity contribution is 7.90.